The number of rotatable bonds is 2. The highest BCUT2D eigenvalue weighted by Gasteiger charge is 2.52. The van der Waals surface area contributed by atoms with E-state index in [4.69, 9.17) is 4.43 Å². The molecular formula is C21H28O2Si. The van der Waals surface area contributed by atoms with E-state index in [2.05, 4.69) is 50.8 Å². The predicted octanol–water partition coefficient (Wildman–Crippen LogP) is 5.10. The third-order valence-electron chi connectivity index (χ3n) is 6.39. The third kappa shape index (κ3) is 2.48. The largest absolute Gasteiger partial charge is 0.544 e. The van der Waals surface area contributed by atoms with Gasteiger partial charge in [-0.3, -0.25) is 4.79 Å². The first-order valence-electron chi connectivity index (χ1n) is 9.32. The van der Waals surface area contributed by atoms with Crippen LogP contribution < -0.4 is 4.43 Å². The fourth-order valence-electron chi connectivity index (χ4n) is 5.25. The molecule has 0 spiro atoms. The minimum atomic E-state index is -1.56. The van der Waals surface area contributed by atoms with Crippen LogP contribution in [0.5, 0.6) is 5.75 Å². The molecule has 1 aromatic rings. The van der Waals surface area contributed by atoms with E-state index in [1.807, 2.05) is 6.08 Å². The summed E-state index contributed by atoms with van der Waals surface area (Å²) in [5, 5.41) is 0. The van der Waals surface area contributed by atoms with Crippen LogP contribution in [0.3, 0.4) is 0 Å². The monoisotopic (exact) mass is 340 g/mol. The Hall–Kier alpha value is -1.35. The quantitative estimate of drug-likeness (QED) is 0.700. The summed E-state index contributed by atoms with van der Waals surface area (Å²) in [7, 11) is -1.56. The fourth-order valence-corrected chi connectivity index (χ4v) is 6.08. The van der Waals surface area contributed by atoms with Crippen molar-refractivity contribution in [1.29, 1.82) is 0 Å². The maximum absolute atomic E-state index is 12.3. The molecule has 4 rings (SSSR count). The van der Waals surface area contributed by atoms with Gasteiger partial charge in [-0.2, -0.15) is 0 Å². The number of ketones is 1. The van der Waals surface area contributed by atoms with Gasteiger partial charge in [0.1, 0.15) is 5.75 Å². The zero-order valence-electron chi connectivity index (χ0n) is 15.3. The first kappa shape index (κ1) is 16.1. The molecule has 0 aliphatic heterocycles. The van der Waals surface area contributed by atoms with Gasteiger partial charge in [0.15, 0.2) is 5.78 Å². The van der Waals surface area contributed by atoms with Crippen molar-refractivity contribution in [3.63, 3.8) is 0 Å². The number of benzene rings is 1. The summed E-state index contributed by atoms with van der Waals surface area (Å²) in [5.74, 6) is 3.08. The van der Waals surface area contributed by atoms with E-state index in [1.54, 1.807) is 0 Å². The van der Waals surface area contributed by atoms with E-state index in [1.165, 1.54) is 17.5 Å². The average Bonchev–Trinajstić information content (AvgIpc) is 2.81. The van der Waals surface area contributed by atoms with E-state index in [0.29, 0.717) is 23.5 Å². The van der Waals surface area contributed by atoms with Crippen molar-refractivity contribution < 1.29 is 9.22 Å². The molecule has 0 N–H and O–H groups in total. The Balaban J connectivity index is 1.64. The van der Waals surface area contributed by atoms with Crippen LogP contribution in [-0.4, -0.2) is 14.1 Å². The first-order valence-corrected chi connectivity index (χ1v) is 12.7. The lowest BCUT2D eigenvalue weighted by Crippen LogP contribution is -2.42. The highest BCUT2D eigenvalue weighted by Crippen LogP contribution is 2.57. The van der Waals surface area contributed by atoms with Gasteiger partial charge in [0.2, 0.25) is 8.32 Å². The lowest BCUT2D eigenvalue weighted by atomic mass is 9.55. The highest BCUT2D eigenvalue weighted by molar-refractivity contribution is 6.70. The Kier molecular flexibility index (Phi) is 3.58. The number of carbonyl (C=O) groups is 1. The van der Waals surface area contributed by atoms with Crippen molar-refractivity contribution in [3.05, 3.63) is 41.5 Å². The number of fused-ring (bicyclic) bond motifs is 5. The van der Waals surface area contributed by atoms with Gasteiger partial charge in [0.25, 0.3) is 0 Å². The molecule has 1 aromatic carbocycles. The average molecular weight is 341 g/mol. The third-order valence-corrected chi connectivity index (χ3v) is 7.24. The summed E-state index contributed by atoms with van der Waals surface area (Å²) in [4.78, 5) is 12.3. The van der Waals surface area contributed by atoms with Crippen LogP contribution in [0.15, 0.2) is 30.4 Å². The van der Waals surface area contributed by atoms with Gasteiger partial charge in [-0.1, -0.05) is 19.1 Å². The second kappa shape index (κ2) is 5.32. The molecule has 4 unspecified atom stereocenters. The van der Waals surface area contributed by atoms with Gasteiger partial charge < -0.3 is 4.43 Å². The molecule has 3 heteroatoms. The van der Waals surface area contributed by atoms with Gasteiger partial charge in [0.05, 0.1) is 0 Å². The van der Waals surface area contributed by atoms with E-state index >= 15 is 0 Å². The van der Waals surface area contributed by atoms with Crippen molar-refractivity contribution >= 4 is 14.1 Å². The summed E-state index contributed by atoms with van der Waals surface area (Å²) >= 11 is 0. The maximum atomic E-state index is 12.3. The highest BCUT2D eigenvalue weighted by atomic mass is 28.4. The van der Waals surface area contributed by atoms with Crippen molar-refractivity contribution in [2.45, 2.75) is 58.2 Å². The zero-order valence-corrected chi connectivity index (χ0v) is 16.3. The standard InChI is InChI=1S/C21H28O2Si/c1-21-12-11-17-16-8-6-15(23-24(2,3)4)13-14(16)5-7-18(17)19(21)9-10-20(21)22/h6,8-10,13,17-19H,5,7,11-12H2,1-4H3. The summed E-state index contributed by atoms with van der Waals surface area (Å²) in [6.45, 7) is 8.88. The molecule has 1 saturated carbocycles. The molecule has 2 nitrogen and oxygen atoms in total. The summed E-state index contributed by atoms with van der Waals surface area (Å²) < 4.78 is 6.19. The number of aryl methyl sites for hydroxylation is 1. The Bertz CT molecular complexity index is 715. The minimum absolute atomic E-state index is 0.125. The van der Waals surface area contributed by atoms with Crippen LogP contribution in [0.2, 0.25) is 19.6 Å². The van der Waals surface area contributed by atoms with Gasteiger partial charge >= 0.3 is 0 Å². The summed E-state index contributed by atoms with van der Waals surface area (Å²) in [5.41, 5.74) is 2.87. The molecule has 4 atom stereocenters. The van der Waals surface area contributed by atoms with Crippen LogP contribution >= 0.6 is 0 Å². The molecule has 0 bridgehead atoms. The van der Waals surface area contributed by atoms with Gasteiger partial charge in [-0.15, -0.1) is 0 Å². The SMILES string of the molecule is CC12CCC3c4ccc(O[Si](C)(C)C)cc4CCC3C1C=CC2=O. The number of allylic oxidation sites excluding steroid dienone is 2. The van der Waals surface area contributed by atoms with Gasteiger partial charge in [0, 0.05) is 5.41 Å². The zero-order chi connectivity index (χ0) is 17.1. The van der Waals surface area contributed by atoms with E-state index in [0.717, 1.165) is 25.0 Å². The van der Waals surface area contributed by atoms with Crippen molar-refractivity contribution in [2.24, 2.45) is 17.3 Å². The predicted molar refractivity (Wildman–Crippen MR) is 99.9 cm³/mol. The van der Waals surface area contributed by atoms with Crippen LogP contribution in [0.1, 0.15) is 43.2 Å². The molecule has 3 aliphatic carbocycles. The van der Waals surface area contributed by atoms with Gasteiger partial charge in [-0.05, 0) is 92.4 Å². The summed E-state index contributed by atoms with van der Waals surface area (Å²) in [6, 6.07) is 6.76. The molecule has 3 aliphatic rings. The topological polar surface area (TPSA) is 26.3 Å². The molecule has 1 fully saturated rings. The Labute approximate surface area is 146 Å². The van der Waals surface area contributed by atoms with E-state index < -0.39 is 8.32 Å². The number of hydrogen-bond acceptors (Lipinski definition) is 2. The van der Waals surface area contributed by atoms with E-state index in [-0.39, 0.29) is 5.41 Å². The van der Waals surface area contributed by atoms with Crippen LogP contribution in [0.25, 0.3) is 0 Å². The molecule has 0 saturated heterocycles. The van der Waals surface area contributed by atoms with Crippen LogP contribution in [-0.2, 0) is 11.2 Å². The van der Waals surface area contributed by atoms with Crippen LogP contribution in [0.4, 0.5) is 0 Å². The van der Waals surface area contributed by atoms with Crippen molar-refractivity contribution in [1.82, 2.24) is 0 Å². The Morgan fingerprint density at radius 1 is 1.21 bits per heavy atom. The second-order valence-electron chi connectivity index (χ2n) is 9.09. The smallest absolute Gasteiger partial charge is 0.242 e. The molecule has 0 radical (unpaired) electrons. The molecule has 0 aromatic heterocycles. The lowest BCUT2D eigenvalue weighted by molar-refractivity contribution is -0.126. The fraction of sp³-hybridized carbons (Fsp3) is 0.571. The Morgan fingerprint density at radius 2 is 2.00 bits per heavy atom. The maximum Gasteiger partial charge on any atom is 0.242 e. The molecule has 0 amide bonds. The normalized spacial score (nSPS) is 34.5. The minimum Gasteiger partial charge on any atom is -0.544 e. The van der Waals surface area contributed by atoms with Crippen molar-refractivity contribution in [3.8, 4) is 5.75 Å². The van der Waals surface area contributed by atoms with Crippen molar-refractivity contribution in [2.75, 3.05) is 0 Å². The Morgan fingerprint density at radius 3 is 2.75 bits per heavy atom. The molecule has 24 heavy (non-hydrogen) atoms. The molecule has 128 valence electrons. The first-order chi connectivity index (χ1) is 11.3. The number of carbonyl (C=O) groups excluding carboxylic acids is 1. The van der Waals surface area contributed by atoms with E-state index in [9.17, 15) is 4.79 Å². The lowest BCUT2D eigenvalue weighted by Gasteiger charge is -2.48. The number of hydrogen-bond donors (Lipinski definition) is 0. The molecular weight excluding hydrogens is 312 g/mol. The van der Waals surface area contributed by atoms with Gasteiger partial charge in [-0.25, -0.2) is 0 Å². The second-order valence-corrected chi connectivity index (χ2v) is 13.5. The van der Waals surface area contributed by atoms with Crippen LogP contribution in [0, 0.1) is 17.3 Å². The molecule has 0 heterocycles. The summed E-state index contributed by atoms with van der Waals surface area (Å²) in [6.07, 6.45) is 8.56.